The maximum Gasteiger partial charge on any atom is 0.330 e. The number of nitrogens with one attached hydrogen (secondary N) is 1. The molecule has 2 N–H and O–H groups in total. The summed E-state index contributed by atoms with van der Waals surface area (Å²) in [6.07, 6.45) is 0.0223. The molecule has 6 heteroatoms. The lowest BCUT2D eigenvalue weighted by Gasteiger charge is -2.58. The van der Waals surface area contributed by atoms with Crippen molar-refractivity contribution in [1.29, 1.82) is 0 Å². The summed E-state index contributed by atoms with van der Waals surface area (Å²) in [4.78, 5) is 24.8. The number of carboxylic acids is 1. The fraction of sp³-hybridized carbons (Fsp3) is 0.391. The molecular formula is C23H25NO5. The standard InChI is InChI=1S/C23H25NO5/c1-4-28-19-13-23(21(26)27,22(19,2)3)24-20(25)12-15-11-17-16-8-6-5-7-14(16)9-10-18(17)29-15/h5-11,19H,4,12-13H2,1-3H3,(H,24,25)(H,26,27). The topological polar surface area (TPSA) is 88.8 Å². The monoisotopic (exact) mass is 395 g/mol. The van der Waals surface area contributed by atoms with E-state index in [0.717, 1.165) is 16.2 Å². The summed E-state index contributed by atoms with van der Waals surface area (Å²) in [5.41, 5.74) is -1.35. The van der Waals surface area contributed by atoms with Crippen molar-refractivity contribution in [2.45, 2.75) is 45.3 Å². The molecule has 1 aliphatic rings. The minimum absolute atomic E-state index is 0.0204. The highest BCUT2D eigenvalue weighted by molar-refractivity contribution is 6.06. The zero-order chi connectivity index (χ0) is 20.8. The second kappa shape index (κ2) is 6.88. The van der Waals surface area contributed by atoms with Gasteiger partial charge in [-0.25, -0.2) is 4.79 Å². The van der Waals surface area contributed by atoms with Gasteiger partial charge < -0.3 is 19.6 Å². The van der Waals surface area contributed by atoms with Gasteiger partial charge in [-0.3, -0.25) is 4.79 Å². The third kappa shape index (κ3) is 2.99. The molecular weight excluding hydrogens is 370 g/mol. The second-order valence-corrected chi connectivity index (χ2v) is 8.22. The average molecular weight is 395 g/mol. The van der Waals surface area contributed by atoms with Gasteiger partial charge >= 0.3 is 5.97 Å². The lowest BCUT2D eigenvalue weighted by atomic mass is 9.54. The van der Waals surface area contributed by atoms with Gasteiger partial charge in [-0.05, 0) is 29.8 Å². The largest absolute Gasteiger partial charge is 0.479 e. The molecule has 1 saturated carbocycles. The van der Waals surface area contributed by atoms with E-state index in [0.29, 0.717) is 18.0 Å². The number of hydrogen-bond donors (Lipinski definition) is 2. The Hall–Kier alpha value is -2.86. The van der Waals surface area contributed by atoms with Crippen molar-refractivity contribution in [3.05, 3.63) is 48.2 Å². The summed E-state index contributed by atoms with van der Waals surface area (Å²) in [6, 6.07) is 13.7. The predicted molar refractivity (Wildman–Crippen MR) is 110 cm³/mol. The summed E-state index contributed by atoms with van der Waals surface area (Å²) in [5, 5.41) is 15.7. The quantitative estimate of drug-likeness (QED) is 0.661. The molecule has 0 aliphatic heterocycles. The maximum atomic E-state index is 12.7. The fourth-order valence-corrected chi connectivity index (χ4v) is 4.41. The van der Waals surface area contributed by atoms with Gasteiger partial charge in [0.15, 0.2) is 0 Å². The fourth-order valence-electron chi connectivity index (χ4n) is 4.41. The van der Waals surface area contributed by atoms with Gasteiger partial charge in [-0.15, -0.1) is 0 Å². The van der Waals surface area contributed by atoms with Crippen molar-refractivity contribution in [3.8, 4) is 0 Å². The molecule has 152 valence electrons. The van der Waals surface area contributed by atoms with Crippen LogP contribution in [0.3, 0.4) is 0 Å². The number of rotatable bonds is 6. The molecule has 1 amide bonds. The van der Waals surface area contributed by atoms with Gasteiger partial charge in [0.2, 0.25) is 5.91 Å². The Balaban J connectivity index is 1.56. The Morgan fingerprint density at radius 3 is 2.66 bits per heavy atom. The highest BCUT2D eigenvalue weighted by atomic mass is 16.5. The minimum atomic E-state index is -1.34. The number of hydrogen-bond acceptors (Lipinski definition) is 4. The van der Waals surface area contributed by atoms with Gasteiger partial charge in [0.25, 0.3) is 0 Å². The number of amides is 1. The lowest BCUT2D eigenvalue weighted by Crippen LogP contribution is -2.76. The Labute approximate surface area is 168 Å². The number of carbonyl (C=O) groups excluding carboxylic acids is 1. The van der Waals surface area contributed by atoms with Crippen molar-refractivity contribution in [2.75, 3.05) is 6.61 Å². The van der Waals surface area contributed by atoms with E-state index in [1.165, 1.54) is 0 Å². The first-order valence-electron chi connectivity index (χ1n) is 9.84. The number of carboxylic acid groups (broad SMARTS) is 1. The third-order valence-electron chi connectivity index (χ3n) is 6.29. The van der Waals surface area contributed by atoms with Crippen molar-refractivity contribution < 1.29 is 23.8 Å². The number of furan rings is 1. The number of benzene rings is 2. The Morgan fingerprint density at radius 1 is 1.21 bits per heavy atom. The van der Waals surface area contributed by atoms with Gasteiger partial charge in [0.05, 0.1) is 12.5 Å². The zero-order valence-electron chi connectivity index (χ0n) is 16.8. The molecule has 0 saturated heterocycles. The van der Waals surface area contributed by atoms with Crippen LogP contribution in [-0.4, -0.2) is 35.2 Å². The van der Waals surface area contributed by atoms with Crippen LogP contribution in [0.15, 0.2) is 46.9 Å². The van der Waals surface area contributed by atoms with Crippen LogP contribution in [0.5, 0.6) is 0 Å². The third-order valence-corrected chi connectivity index (χ3v) is 6.29. The lowest BCUT2D eigenvalue weighted by molar-refractivity contribution is -0.194. The molecule has 4 rings (SSSR count). The zero-order valence-corrected chi connectivity index (χ0v) is 16.8. The maximum absolute atomic E-state index is 12.7. The molecule has 1 heterocycles. The molecule has 1 aromatic heterocycles. The van der Waals surface area contributed by atoms with Crippen LogP contribution < -0.4 is 5.32 Å². The smallest absolute Gasteiger partial charge is 0.330 e. The van der Waals surface area contributed by atoms with Crippen molar-refractivity contribution >= 4 is 33.6 Å². The van der Waals surface area contributed by atoms with Crippen LogP contribution in [0.1, 0.15) is 33.0 Å². The SMILES string of the molecule is CCOC1CC(NC(=O)Cc2cc3c(ccc4ccccc43)o2)(C(=O)O)C1(C)C. The van der Waals surface area contributed by atoms with E-state index < -0.39 is 16.9 Å². The molecule has 0 radical (unpaired) electrons. The van der Waals surface area contributed by atoms with Gasteiger partial charge in [0.1, 0.15) is 16.9 Å². The number of aliphatic carboxylic acids is 1. The average Bonchev–Trinajstić information content (AvgIpc) is 3.09. The Morgan fingerprint density at radius 2 is 1.97 bits per heavy atom. The molecule has 29 heavy (non-hydrogen) atoms. The summed E-state index contributed by atoms with van der Waals surface area (Å²) in [7, 11) is 0. The predicted octanol–water partition coefficient (Wildman–Crippen LogP) is 3.90. The first-order chi connectivity index (χ1) is 13.8. The van der Waals surface area contributed by atoms with E-state index in [9.17, 15) is 14.7 Å². The normalized spacial score (nSPS) is 23.1. The molecule has 2 aromatic carbocycles. The van der Waals surface area contributed by atoms with Crippen LogP contribution in [0.2, 0.25) is 0 Å². The van der Waals surface area contributed by atoms with E-state index in [1.807, 2.05) is 63.2 Å². The molecule has 0 bridgehead atoms. The van der Waals surface area contributed by atoms with E-state index in [-0.39, 0.29) is 24.9 Å². The van der Waals surface area contributed by atoms with Gasteiger partial charge in [0, 0.05) is 23.8 Å². The minimum Gasteiger partial charge on any atom is -0.479 e. The van der Waals surface area contributed by atoms with Crippen molar-refractivity contribution in [1.82, 2.24) is 5.32 Å². The van der Waals surface area contributed by atoms with Crippen LogP contribution >= 0.6 is 0 Å². The summed E-state index contributed by atoms with van der Waals surface area (Å²) >= 11 is 0. The number of carbonyl (C=O) groups is 2. The first-order valence-corrected chi connectivity index (χ1v) is 9.84. The Kier molecular flexibility index (Phi) is 4.62. The van der Waals surface area contributed by atoms with Gasteiger partial charge in [-0.2, -0.15) is 0 Å². The molecule has 2 unspecified atom stereocenters. The van der Waals surface area contributed by atoms with Crippen LogP contribution in [0.4, 0.5) is 0 Å². The summed E-state index contributed by atoms with van der Waals surface area (Å²) in [6.45, 7) is 6.02. The molecule has 1 aliphatic carbocycles. The molecule has 6 nitrogen and oxygen atoms in total. The first kappa shape index (κ1) is 19.5. The molecule has 2 atom stereocenters. The highest BCUT2D eigenvalue weighted by Gasteiger charge is 2.66. The number of fused-ring (bicyclic) bond motifs is 3. The van der Waals surface area contributed by atoms with E-state index in [2.05, 4.69) is 5.32 Å². The Bertz CT molecular complexity index is 1100. The van der Waals surface area contributed by atoms with E-state index in [1.54, 1.807) is 0 Å². The molecule has 3 aromatic rings. The molecule has 0 spiro atoms. The summed E-state index contributed by atoms with van der Waals surface area (Å²) < 4.78 is 11.5. The number of ether oxygens (including phenoxy) is 1. The van der Waals surface area contributed by atoms with Crippen molar-refractivity contribution in [3.63, 3.8) is 0 Å². The highest BCUT2D eigenvalue weighted by Crippen LogP contribution is 2.51. The van der Waals surface area contributed by atoms with E-state index >= 15 is 0 Å². The second-order valence-electron chi connectivity index (χ2n) is 8.22. The van der Waals surface area contributed by atoms with Crippen LogP contribution in [0, 0.1) is 5.41 Å². The summed E-state index contributed by atoms with van der Waals surface area (Å²) in [5.74, 6) is -0.908. The van der Waals surface area contributed by atoms with Crippen LogP contribution in [0.25, 0.3) is 21.7 Å². The van der Waals surface area contributed by atoms with Crippen LogP contribution in [-0.2, 0) is 20.7 Å². The molecule has 1 fully saturated rings. The van der Waals surface area contributed by atoms with Crippen molar-refractivity contribution in [2.24, 2.45) is 5.41 Å². The van der Waals surface area contributed by atoms with E-state index in [4.69, 9.17) is 9.15 Å². The van der Waals surface area contributed by atoms with Gasteiger partial charge in [-0.1, -0.05) is 44.2 Å².